The molecule has 1 heterocycles. The van der Waals surface area contributed by atoms with Gasteiger partial charge in [-0.15, -0.1) is 0 Å². The molecular weight excluding hydrogens is 454 g/mol. The molecule has 166 valence electrons. The first-order valence-electron chi connectivity index (χ1n) is 10.8. The van der Waals surface area contributed by atoms with E-state index in [1.165, 1.54) is 17.5 Å². The largest absolute Gasteiger partial charge is 0.486 e. The Morgan fingerprint density at radius 3 is 2.67 bits per heavy atom. The Balaban J connectivity index is 1.22. The fourth-order valence-electron chi connectivity index (χ4n) is 3.84. The minimum Gasteiger partial charge on any atom is -0.486 e. The van der Waals surface area contributed by atoms with Crippen molar-refractivity contribution in [2.45, 2.75) is 35.7 Å². The van der Waals surface area contributed by atoms with Gasteiger partial charge in [-0.2, -0.15) is 0 Å². The fraction of sp³-hybridized carbons (Fsp3) is 0.148. The topological polar surface area (TPSA) is 51.5 Å². The Bertz CT molecular complexity index is 1280. The zero-order valence-corrected chi connectivity index (χ0v) is 19.4. The Hall–Kier alpha value is -3.15. The van der Waals surface area contributed by atoms with E-state index in [9.17, 15) is 4.79 Å². The van der Waals surface area contributed by atoms with Crippen molar-refractivity contribution < 1.29 is 13.9 Å². The molecular formula is C27H22ClNO3S. The van der Waals surface area contributed by atoms with Crippen molar-refractivity contribution in [3.63, 3.8) is 0 Å². The molecule has 1 aliphatic carbocycles. The van der Waals surface area contributed by atoms with Crippen LogP contribution in [-0.4, -0.2) is 5.91 Å². The van der Waals surface area contributed by atoms with Crippen LogP contribution < -0.4 is 10.1 Å². The van der Waals surface area contributed by atoms with E-state index in [0.29, 0.717) is 10.8 Å². The van der Waals surface area contributed by atoms with Crippen molar-refractivity contribution >= 4 is 35.0 Å². The van der Waals surface area contributed by atoms with Crippen molar-refractivity contribution in [1.29, 1.82) is 0 Å². The second kappa shape index (κ2) is 9.77. The third-order valence-electron chi connectivity index (χ3n) is 5.51. The minimum absolute atomic E-state index is 0.244. The van der Waals surface area contributed by atoms with E-state index in [4.69, 9.17) is 20.8 Å². The number of carbonyl (C=O) groups excluding carboxylic acids is 1. The molecule has 6 heteroatoms. The van der Waals surface area contributed by atoms with Crippen molar-refractivity contribution in [2.75, 3.05) is 5.32 Å². The second-order valence-electron chi connectivity index (χ2n) is 7.84. The monoisotopic (exact) mass is 475 g/mol. The van der Waals surface area contributed by atoms with Crippen LogP contribution in [0, 0.1) is 0 Å². The molecule has 33 heavy (non-hydrogen) atoms. The summed E-state index contributed by atoms with van der Waals surface area (Å²) >= 11 is 7.53. The number of carbonyl (C=O) groups is 1. The van der Waals surface area contributed by atoms with Crippen molar-refractivity contribution in [3.05, 3.63) is 107 Å². The fourth-order valence-corrected chi connectivity index (χ4v) is 4.87. The number of benzene rings is 3. The number of aryl methyl sites for hydroxylation is 2. The number of amides is 1. The van der Waals surface area contributed by atoms with Crippen LogP contribution in [-0.2, 0) is 19.4 Å². The molecule has 0 spiro atoms. The van der Waals surface area contributed by atoms with Gasteiger partial charge in [0.05, 0.1) is 5.69 Å². The van der Waals surface area contributed by atoms with Crippen molar-refractivity contribution in [2.24, 2.45) is 0 Å². The Morgan fingerprint density at radius 2 is 1.79 bits per heavy atom. The van der Waals surface area contributed by atoms with E-state index in [-0.39, 0.29) is 18.3 Å². The average Bonchev–Trinajstić information content (AvgIpc) is 3.50. The van der Waals surface area contributed by atoms with Crippen LogP contribution in [0.5, 0.6) is 5.75 Å². The number of para-hydroxylation sites is 1. The molecule has 0 atom stereocenters. The lowest BCUT2D eigenvalue weighted by Crippen LogP contribution is -2.11. The molecule has 1 aliphatic rings. The highest BCUT2D eigenvalue weighted by molar-refractivity contribution is 7.99. The summed E-state index contributed by atoms with van der Waals surface area (Å²) < 4.78 is 11.6. The van der Waals surface area contributed by atoms with Gasteiger partial charge in [0, 0.05) is 14.8 Å². The summed E-state index contributed by atoms with van der Waals surface area (Å²) in [6, 6.07) is 24.9. The van der Waals surface area contributed by atoms with Crippen LogP contribution >= 0.6 is 23.4 Å². The molecule has 1 N–H and O–H groups in total. The number of furan rings is 1. The molecule has 0 aliphatic heterocycles. The van der Waals surface area contributed by atoms with Gasteiger partial charge in [-0.25, -0.2) is 0 Å². The molecule has 0 unspecified atom stereocenters. The lowest BCUT2D eigenvalue weighted by Gasteiger charge is -2.10. The van der Waals surface area contributed by atoms with Crippen molar-refractivity contribution in [1.82, 2.24) is 0 Å². The van der Waals surface area contributed by atoms with Crippen LogP contribution in [0.2, 0.25) is 5.02 Å². The van der Waals surface area contributed by atoms with E-state index < -0.39 is 0 Å². The molecule has 0 saturated carbocycles. The summed E-state index contributed by atoms with van der Waals surface area (Å²) in [5.41, 5.74) is 3.49. The molecule has 0 radical (unpaired) electrons. The van der Waals surface area contributed by atoms with Gasteiger partial charge in [0.1, 0.15) is 18.1 Å². The minimum atomic E-state index is -0.303. The summed E-state index contributed by atoms with van der Waals surface area (Å²) in [4.78, 5) is 14.8. The van der Waals surface area contributed by atoms with Crippen LogP contribution in [0.1, 0.15) is 33.9 Å². The number of ether oxygens (including phenoxy) is 1. The molecule has 4 aromatic rings. The van der Waals surface area contributed by atoms with Gasteiger partial charge in [0.15, 0.2) is 5.76 Å². The van der Waals surface area contributed by atoms with Crippen LogP contribution in [0.25, 0.3) is 0 Å². The summed E-state index contributed by atoms with van der Waals surface area (Å²) in [6.07, 6.45) is 3.46. The highest BCUT2D eigenvalue weighted by Gasteiger charge is 2.15. The molecule has 4 nitrogen and oxygen atoms in total. The first-order valence-corrected chi connectivity index (χ1v) is 12.0. The number of halogens is 1. The molecule has 1 aromatic heterocycles. The lowest BCUT2D eigenvalue weighted by molar-refractivity contribution is 0.0992. The molecule has 1 amide bonds. The smallest absolute Gasteiger partial charge is 0.291 e. The van der Waals surface area contributed by atoms with Gasteiger partial charge in [0.25, 0.3) is 5.91 Å². The second-order valence-corrected chi connectivity index (χ2v) is 9.40. The number of nitrogens with one attached hydrogen (secondary N) is 1. The average molecular weight is 476 g/mol. The molecule has 0 bridgehead atoms. The van der Waals surface area contributed by atoms with Crippen molar-refractivity contribution in [3.8, 4) is 5.75 Å². The SMILES string of the molecule is O=C(Nc1ccccc1Sc1ccc(Cl)cc1)c1ccc(COc2ccc3c(c2)CCC3)o1. The normalized spacial score (nSPS) is 12.4. The third-order valence-corrected chi connectivity index (χ3v) is 6.85. The van der Waals surface area contributed by atoms with Gasteiger partial charge in [-0.3, -0.25) is 4.79 Å². The predicted molar refractivity (Wildman–Crippen MR) is 131 cm³/mol. The van der Waals surface area contributed by atoms with Crippen LogP contribution in [0.4, 0.5) is 5.69 Å². The number of rotatable bonds is 7. The maximum Gasteiger partial charge on any atom is 0.291 e. The van der Waals surface area contributed by atoms with E-state index in [2.05, 4.69) is 17.4 Å². The summed E-state index contributed by atoms with van der Waals surface area (Å²) in [7, 11) is 0. The van der Waals surface area contributed by atoms with E-state index in [1.807, 2.05) is 54.6 Å². The maximum atomic E-state index is 12.8. The summed E-state index contributed by atoms with van der Waals surface area (Å²) in [5.74, 6) is 1.37. The predicted octanol–water partition coefficient (Wildman–Crippen LogP) is 7.40. The number of hydrogen-bond donors (Lipinski definition) is 1. The first-order chi connectivity index (χ1) is 16.1. The highest BCUT2D eigenvalue weighted by Crippen LogP contribution is 2.34. The summed E-state index contributed by atoms with van der Waals surface area (Å²) in [5, 5.41) is 3.64. The summed E-state index contributed by atoms with van der Waals surface area (Å²) in [6.45, 7) is 0.273. The molecule has 5 rings (SSSR count). The van der Waals surface area contributed by atoms with Gasteiger partial charge in [-0.1, -0.05) is 41.6 Å². The van der Waals surface area contributed by atoms with Gasteiger partial charge in [-0.05, 0) is 91.1 Å². The first kappa shape index (κ1) is 21.7. The molecule has 0 saturated heterocycles. The number of anilines is 1. The molecule has 0 fully saturated rings. The van der Waals surface area contributed by atoms with Gasteiger partial charge in [0.2, 0.25) is 0 Å². The van der Waals surface area contributed by atoms with Gasteiger partial charge < -0.3 is 14.5 Å². The van der Waals surface area contributed by atoms with Crippen LogP contribution in [0.3, 0.4) is 0 Å². The zero-order chi connectivity index (χ0) is 22.6. The Kier molecular flexibility index (Phi) is 6.42. The standard InChI is InChI=1S/C27H22ClNO3S/c28-20-9-13-23(14-10-20)33-26-7-2-1-6-24(26)29-27(30)25-15-12-22(32-25)17-31-21-11-8-18-4-3-5-19(18)16-21/h1-2,6-16H,3-5,17H2,(H,29,30). The maximum absolute atomic E-state index is 12.8. The van der Waals surface area contributed by atoms with Crippen LogP contribution in [0.15, 0.2) is 93.1 Å². The number of hydrogen-bond acceptors (Lipinski definition) is 4. The van der Waals surface area contributed by atoms with Gasteiger partial charge >= 0.3 is 0 Å². The third kappa shape index (κ3) is 5.27. The molecule has 3 aromatic carbocycles. The Morgan fingerprint density at radius 1 is 0.970 bits per heavy atom. The van der Waals surface area contributed by atoms with E-state index in [1.54, 1.807) is 23.9 Å². The quantitative estimate of drug-likeness (QED) is 0.302. The zero-order valence-electron chi connectivity index (χ0n) is 17.8. The lowest BCUT2D eigenvalue weighted by atomic mass is 10.1. The van der Waals surface area contributed by atoms with E-state index in [0.717, 1.165) is 34.1 Å². The highest BCUT2D eigenvalue weighted by atomic mass is 35.5. The van der Waals surface area contributed by atoms with E-state index >= 15 is 0 Å². The number of fused-ring (bicyclic) bond motifs is 1. The Labute approximate surface area is 201 Å².